The molecule has 3 rings (SSSR count). The van der Waals surface area contributed by atoms with Gasteiger partial charge in [-0.25, -0.2) is 0 Å². The third kappa shape index (κ3) is 5.91. The van der Waals surface area contributed by atoms with E-state index in [1.165, 1.54) is 25.3 Å². The van der Waals surface area contributed by atoms with Crippen LogP contribution in [0.2, 0.25) is 0 Å². The first-order valence-corrected chi connectivity index (χ1v) is 9.29. The first kappa shape index (κ1) is 21.0. The Kier molecular flexibility index (Phi) is 7.16. The van der Waals surface area contributed by atoms with Crippen LogP contribution in [0.5, 0.6) is 11.5 Å². The first-order chi connectivity index (χ1) is 14.5. The second kappa shape index (κ2) is 10.2. The number of anilines is 1. The number of alkyl halides is 2. The van der Waals surface area contributed by atoms with E-state index in [9.17, 15) is 13.6 Å². The highest BCUT2D eigenvalue weighted by molar-refractivity contribution is 6.02. The molecule has 30 heavy (non-hydrogen) atoms. The van der Waals surface area contributed by atoms with Crippen molar-refractivity contribution in [2.75, 3.05) is 12.4 Å². The fraction of sp³-hybridized carbons (Fsp3) is 0.125. The van der Waals surface area contributed by atoms with Gasteiger partial charge in [0, 0.05) is 11.8 Å². The second-order valence-corrected chi connectivity index (χ2v) is 6.43. The molecule has 0 aliphatic heterocycles. The fourth-order valence-electron chi connectivity index (χ4n) is 2.94. The second-order valence-electron chi connectivity index (χ2n) is 6.43. The van der Waals surface area contributed by atoms with Crippen molar-refractivity contribution in [3.63, 3.8) is 0 Å². The predicted octanol–water partition coefficient (Wildman–Crippen LogP) is 5.54. The largest absolute Gasteiger partial charge is 0.493 e. The Bertz CT molecular complexity index is 1020. The van der Waals surface area contributed by atoms with Crippen molar-refractivity contribution >= 4 is 17.7 Å². The van der Waals surface area contributed by atoms with Gasteiger partial charge in [-0.2, -0.15) is 8.78 Å². The molecule has 4 nitrogen and oxygen atoms in total. The molecule has 0 aliphatic carbocycles. The third-order valence-corrected chi connectivity index (χ3v) is 4.34. The van der Waals surface area contributed by atoms with Crippen LogP contribution in [0.3, 0.4) is 0 Å². The Balaban J connectivity index is 1.69. The summed E-state index contributed by atoms with van der Waals surface area (Å²) < 4.78 is 34.3. The SMILES string of the molecule is COc1cc(/C=C/C(=O)Nc2ccccc2Cc2ccccc2)ccc1OC(F)F. The molecule has 0 atom stereocenters. The van der Waals surface area contributed by atoms with Gasteiger partial charge in [-0.05, 0) is 47.4 Å². The maximum atomic E-state index is 12.4. The van der Waals surface area contributed by atoms with E-state index in [1.54, 1.807) is 12.1 Å². The van der Waals surface area contributed by atoms with E-state index in [0.29, 0.717) is 12.0 Å². The normalized spacial score (nSPS) is 10.9. The van der Waals surface area contributed by atoms with Crippen molar-refractivity contribution in [1.29, 1.82) is 0 Å². The molecule has 6 heteroatoms. The van der Waals surface area contributed by atoms with Gasteiger partial charge in [0.25, 0.3) is 0 Å². The van der Waals surface area contributed by atoms with E-state index in [2.05, 4.69) is 10.1 Å². The van der Waals surface area contributed by atoms with Crippen molar-refractivity contribution in [1.82, 2.24) is 0 Å². The van der Waals surface area contributed by atoms with Gasteiger partial charge >= 0.3 is 6.61 Å². The highest BCUT2D eigenvalue weighted by atomic mass is 19.3. The van der Waals surface area contributed by atoms with Crippen LogP contribution >= 0.6 is 0 Å². The molecule has 0 bridgehead atoms. The van der Waals surface area contributed by atoms with Gasteiger partial charge in [0.05, 0.1) is 7.11 Å². The van der Waals surface area contributed by atoms with Gasteiger partial charge in [-0.15, -0.1) is 0 Å². The number of nitrogens with one attached hydrogen (secondary N) is 1. The van der Waals surface area contributed by atoms with Gasteiger partial charge in [-0.1, -0.05) is 54.6 Å². The van der Waals surface area contributed by atoms with Gasteiger partial charge in [0.2, 0.25) is 5.91 Å². The van der Waals surface area contributed by atoms with Gasteiger partial charge in [0.1, 0.15) is 0 Å². The number of ether oxygens (including phenoxy) is 2. The number of para-hydroxylation sites is 1. The molecule has 0 fully saturated rings. The van der Waals surface area contributed by atoms with E-state index in [0.717, 1.165) is 16.8 Å². The van der Waals surface area contributed by atoms with E-state index >= 15 is 0 Å². The molecule has 0 aromatic heterocycles. The van der Waals surface area contributed by atoms with E-state index < -0.39 is 6.61 Å². The molecule has 0 saturated heterocycles. The Hall–Kier alpha value is -3.67. The van der Waals surface area contributed by atoms with Gasteiger partial charge in [0.15, 0.2) is 11.5 Å². The maximum Gasteiger partial charge on any atom is 0.387 e. The molecule has 0 spiro atoms. The lowest BCUT2D eigenvalue weighted by molar-refractivity contribution is -0.111. The van der Waals surface area contributed by atoms with Crippen LogP contribution in [0.1, 0.15) is 16.7 Å². The minimum atomic E-state index is -2.94. The zero-order chi connectivity index (χ0) is 21.3. The fourth-order valence-corrected chi connectivity index (χ4v) is 2.94. The maximum absolute atomic E-state index is 12.4. The predicted molar refractivity (Wildman–Crippen MR) is 113 cm³/mol. The number of rotatable bonds is 8. The minimum Gasteiger partial charge on any atom is -0.493 e. The Morgan fingerprint density at radius 1 is 1.00 bits per heavy atom. The summed E-state index contributed by atoms with van der Waals surface area (Å²) in [6, 6.07) is 22.1. The van der Waals surface area contributed by atoms with E-state index in [4.69, 9.17) is 4.74 Å². The van der Waals surface area contributed by atoms with Crippen LogP contribution in [0.25, 0.3) is 6.08 Å². The molecule has 0 saturated carbocycles. The average Bonchev–Trinajstić information content (AvgIpc) is 2.75. The number of carbonyl (C=O) groups excluding carboxylic acids is 1. The van der Waals surface area contributed by atoms with Crippen LogP contribution in [0, 0.1) is 0 Å². The monoisotopic (exact) mass is 409 g/mol. The number of amides is 1. The lowest BCUT2D eigenvalue weighted by Gasteiger charge is -2.11. The Morgan fingerprint density at radius 2 is 1.73 bits per heavy atom. The highest BCUT2D eigenvalue weighted by Crippen LogP contribution is 2.30. The third-order valence-electron chi connectivity index (χ3n) is 4.34. The minimum absolute atomic E-state index is 0.0658. The number of benzene rings is 3. The zero-order valence-corrected chi connectivity index (χ0v) is 16.3. The summed E-state index contributed by atoms with van der Waals surface area (Å²) in [5.41, 5.74) is 3.49. The summed E-state index contributed by atoms with van der Waals surface area (Å²) in [7, 11) is 1.36. The molecule has 0 radical (unpaired) electrons. The van der Waals surface area contributed by atoms with Gasteiger partial charge in [-0.3, -0.25) is 4.79 Å². The van der Waals surface area contributed by atoms with Crippen LogP contribution in [-0.2, 0) is 11.2 Å². The lowest BCUT2D eigenvalue weighted by atomic mass is 10.0. The summed E-state index contributed by atoms with van der Waals surface area (Å²) in [6.07, 6.45) is 3.65. The standard InChI is InChI=1S/C24H21F2NO3/c1-29-22-16-18(11-13-21(22)30-24(25)26)12-14-23(28)27-20-10-6-5-9-19(20)15-17-7-3-2-4-8-17/h2-14,16,24H,15H2,1H3,(H,27,28)/b14-12+. The summed E-state index contributed by atoms with van der Waals surface area (Å²) in [5, 5.41) is 2.89. The smallest absolute Gasteiger partial charge is 0.387 e. The van der Waals surface area contributed by atoms with Crippen molar-refractivity contribution in [2.45, 2.75) is 13.0 Å². The molecular formula is C24H21F2NO3. The Labute approximate surface area is 173 Å². The average molecular weight is 409 g/mol. The van der Waals surface area contributed by atoms with Crippen molar-refractivity contribution in [2.24, 2.45) is 0 Å². The summed E-state index contributed by atoms with van der Waals surface area (Å²) in [6.45, 7) is -2.94. The topological polar surface area (TPSA) is 47.6 Å². The molecule has 0 aliphatic rings. The molecule has 1 amide bonds. The number of hydrogen-bond donors (Lipinski definition) is 1. The van der Waals surface area contributed by atoms with Crippen LogP contribution < -0.4 is 14.8 Å². The molecule has 3 aromatic carbocycles. The number of hydrogen-bond acceptors (Lipinski definition) is 3. The van der Waals surface area contributed by atoms with E-state index in [1.807, 2.05) is 54.6 Å². The Morgan fingerprint density at radius 3 is 2.47 bits per heavy atom. The zero-order valence-electron chi connectivity index (χ0n) is 16.3. The lowest BCUT2D eigenvalue weighted by Crippen LogP contribution is -2.10. The first-order valence-electron chi connectivity index (χ1n) is 9.29. The highest BCUT2D eigenvalue weighted by Gasteiger charge is 2.10. The molecule has 3 aromatic rings. The van der Waals surface area contributed by atoms with Crippen molar-refractivity contribution in [3.8, 4) is 11.5 Å². The van der Waals surface area contributed by atoms with Crippen molar-refractivity contribution in [3.05, 3.63) is 95.6 Å². The molecule has 0 heterocycles. The molecule has 0 unspecified atom stereocenters. The van der Waals surface area contributed by atoms with Gasteiger partial charge < -0.3 is 14.8 Å². The van der Waals surface area contributed by atoms with Crippen LogP contribution in [0.15, 0.2) is 78.9 Å². The van der Waals surface area contributed by atoms with Crippen molar-refractivity contribution < 1.29 is 23.0 Å². The number of methoxy groups -OCH3 is 1. The number of halogens is 2. The summed E-state index contributed by atoms with van der Waals surface area (Å²) >= 11 is 0. The number of carbonyl (C=O) groups is 1. The molecule has 154 valence electrons. The molecule has 1 N–H and O–H groups in total. The van der Waals surface area contributed by atoms with E-state index in [-0.39, 0.29) is 17.4 Å². The summed E-state index contributed by atoms with van der Waals surface area (Å²) in [5.74, 6) is -0.211. The summed E-state index contributed by atoms with van der Waals surface area (Å²) in [4.78, 5) is 12.4. The quantitative estimate of drug-likeness (QED) is 0.497. The van der Waals surface area contributed by atoms with Crippen LogP contribution in [0.4, 0.5) is 14.5 Å². The van der Waals surface area contributed by atoms with Crippen LogP contribution in [-0.4, -0.2) is 19.6 Å². The molecular weight excluding hydrogens is 388 g/mol.